The smallest absolute Gasteiger partial charge is 0.322 e. The Kier molecular flexibility index (Phi) is 5.04. The summed E-state index contributed by atoms with van der Waals surface area (Å²) in [6.45, 7) is 3.10. The average molecular weight is 361 g/mol. The third-order valence-electron chi connectivity index (χ3n) is 4.43. The van der Waals surface area contributed by atoms with Crippen LogP contribution in [0.25, 0.3) is 0 Å². The number of methoxy groups -OCH3 is 2. The van der Waals surface area contributed by atoms with Crippen molar-refractivity contribution < 1.29 is 14.3 Å². The van der Waals surface area contributed by atoms with Gasteiger partial charge in [0, 0.05) is 23.8 Å². The summed E-state index contributed by atoms with van der Waals surface area (Å²) < 4.78 is 10.7. The molecule has 2 aromatic carbocycles. The van der Waals surface area contributed by atoms with Crippen LogP contribution < -0.4 is 14.8 Å². The van der Waals surface area contributed by atoms with Crippen molar-refractivity contribution in [3.05, 3.63) is 52.0 Å². The molecule has 0 saturated heterocycles. The van der Waals surface area contributed by atoms with E-state index in [2.05, 4.69) is 5.32 Å². The fraction of sp³-hybridized carbons (Fsp3) is 0.316. The average Bonchev–Trinajstić information content (AvgIpc) is 2.63. The monoisotopic (exact) mass is 360 g/mol. The lowest BCUT2D eigenvalue weighted by Gasteiger charge is -2.29. The molecular weight excluding hydrogens is 340 g/mol. The molecule has 1 aliphatic heterocycles. The maximum Gasteiger partial charge on any atom is 0.322 e. The van der Waals surface area contributed by atoms with E-state index in [1.807, 2.05) is 31.2 Å². The van der Waals surface area contributed by atoms with Crippen LogP contribution in [0.5, 0.6) is 11.5 Å². The Labute approximate surface area is 152 Å². The van der Waals surface area contributed by atoms with Gasteiger partial charge in [0.25, 0.3) is 0 Å². The van der Waals surface area contributed by atoms with Gasteiger partial charge < -0.3 is 19.7 Å². The summed E-state index contributed by atoms with van der Waals surface area (Å²) in [5, 5.41) is 3.55. The molecule has 2 aromatic rings. The molecule has 2 amide bonds. The minimum Gasteiger partial charge on any atom is -0.493 e. The molecule has 0 spiro atoms. The molecule has 3 rings (SSSR count). The van der Waals surface area contributed by atoms with E-state index in [1.165, 1.54) is 5.56 Å². The van der Waals surface area contributed by atoms with Crippen molar-refractivity contribution in [1.82, 2.24) is 4.90 Å². The Morgan fingerprint density at radius 3 is 2.44 bits per heavy atom. The predicted molar refractivity (Wildman–Crippen MR) is 98.9 cm³/mol. The largest absolute Gasteiger partial charge is 0.493 e. The van der Waals surface area contributed by atoms with Crippen LogP contribution in [-0.4, -0.2) is 31.7 Å². The first-order valence-electron chi connectivity index (χ1n) is 8.07. The second-order valence-corrected chi connectivity index (χ2v) is 6.45. The molecule has 6 heteroatoms. The number of urea groups is 1. The molecule has 0 aliphatic carbocycles. The number of ether oxygens (including phenoxy) is 2. The van der Waals surface area contributed by atoms with Gasteiger partial charge in [-0.2, -0.15) is 0 Å². The van der Waals surface area contributed by atoms with Gasteiger partial charge >= 0.3 is 6.03 Å². The maximum absolute atomic E-state index is 12.6. The van der Waals surface area contributed by atoms with Crippen molar-refractivity contribution in [1.29, 1.82) is 0 Å². The first-order valence-corrected chi connectivity index (χ1v) is 8.45. The van der Waals surface area contributed by atoms with Crippen LogP contribution in [0.1, 0.15) is 16.7 Å². The highest BCUT2D eigenvalue weighted by molar-refractivity contribution is 6.31. The van der Waals surface area contributed by atoms with Gasteiger partial charge in [0.1, 0.15) is 0 Å². The highest BCUT2D eigenvalue weighted by Gasteiger charge is 2.23. The van der Waals surface area contributed by atoms with E-state index in [1.54, 1.807) is 25.2 Å². The molecule has 0 bridgehead atoms. The third kappa shape index (κ3) is 3.66. The zero-order valence-corrected chi connectivity index (χ0v) is 15.3. The number of rotatable bonds is 3. The lowest BCUT2D eigenvalue weighted by Crippen LogP contribution is -2.38. The topological polar surface area (TPSA) is 50.8 Å². The minimum atomic E-state index is -0.139. The van der Waals surface area contributed by atoms with E-state index >= 15 is 0 Å². The number of aryl methyl sites for hydroxylation is 1. The van der Waals surface area contributed by atoms with Gasteiger partial charge in [0.15, 0.2) is 11.5 Å². The number of hydrogen-bond donors (Lipinski definition) is 1. The molecule has 0 fully saturated rings. The molecule has 5 nitrogen and oxygen atoms in total. The van der Waals surface area contributed by atoms with Crippen LogP contribution in [-0.2, 0) is 13.0 Å². The summed E-state index contributed by atoms with van der Waals surface area (Å²) >= 11 is 6.12. The van der Waals surface area contributed by atoms with Crippen molar-refractivity contribution in [2.45, 2.75) is 19.9 Å². The standard InChI is InChI=1S/C19H21ClN2O3/c1-12-4-5-15(10-16(12)20)21-19(23)22-7-6-13-8-17(24-2)18(25-3)9-14(13)11-22/h4-5,8-10H,6-7,11H2,1-3H3,(H,21,23). The lowest BCUT2D eigenvalue weighted by atomic mass is 9.99. The Hall–Kier alpha value is -2.40. The van der Waals surface area contributed by atoms with Crippen molar-refractivity contribution >= 4 is 23.3 Å². The number of anilines is 1. The second kappa shape index (κ2) is 7.23. The molecule has 1 heterocycles. The molecular formula is C19H21ClN2O3. The molecule has 0 saturated carbocycles. The summed E-state index contributed by atoms with van der Waals surface area (Å²) in [6.07, 6.45) is 0.776. The van der Waals surface area contributed by atoms with Gasteiger partial charge in [-0.05, 0) is 54.3 Å². The van der Waals surface area contributed by atoms with Crippen LogP contribution >= 0.6 is 11.6 Å². The lowest BCUT2D eigenvalue weighted by molar-refractivity contribution is 0.206. The number of carbonyl (C=O) groups is 1. The third-order valence-corrected chi connectivity index (χ3v) is 4.84. The van der Waals surface area contributed by atoms with Crippen LogP contribution in [0.4, 0.5) is 10.5 Å². The van der Waals surface area contributed by atoms with E-state index in [4.69, 9.17) is 21.1 Å². The normalized spacial score (nSPS) is 13.2. The summed E-state index contributed by atoms with van der Waals surface area (Å²) in [5.74, 6) is 1.39. The van der Waals surface area contributed by atoms with Crippen molar-refractivity contribution in [3.8, 4) is 11.5 Å². The SMILES string of the molecule is COc1cc2c(cc1OC)CN(C(=O)Nc1ccc(C)c(Cl)c1)CC2. The van der Waals surface area contributed by atoms with Crippen molar-refractivity contribution in [2.24, 2.45) is 0 Å². The fourth-order valence-corrected chi connectivity index (χ4v) is 3.11. The fourth-order valence-electron chi connectivity index (χ4n) is 2.93. The summed E-state index contributed by atoms with van der Waals surface area (Å²) in [6, 6.07) is 9.30. The quantitative estimate of drug-likeness (QED) is 0.889. The molecule has 1 aliphatic rings. The van der Waals surface area contributed by atoms with Gasteiger partial charge in [0.2, 0.25) is 0 Å². The molecule has 0 aromatic heterocycles. The number of amides is 2. The Bertz CT molecular complexity index is 807. The Morgan fingerprint density at radius 2 is 1.80 bits per heavy atom. The number of nitrogens with zero attached hydrogens (tertiary/aromatic N) is 1. The molecule has 0 unspecified atom stereocenters. The van der Waals surface area contributed by atoms with E-state index in [9.17, 15) is 4.79 Å². The van der Waals surface area contributed by atoms with Crippen molar-refractivity contribution in [3.63, 3.8) is 0 Å². The summed E-state index contributed by atoms with van der Waals surface area (Å²) in [7, 11) is 3.23. The molecule has 1 N–H and O–H groups in total. The summed E-state index contributed by atoms with van der Waals surface area (Å²) in [4.78, 5) is 14.3. The molecule has 25 heavy (non-hydrogen) atoms. The number of benzene rings is 2. The maximum atomic E-state index is 12.6. The van der Waals surface area contributed by atoms with Gasteiger partial charge in [-0.15, -0.1) is 0 Å². The highest BCUT2D eigenvalue weighted by atomic mass is 35.5. The number of fused-ring (bicyclic) bond motifs is 1. The Morgan fingerprint density at radius 1 is 1.12 bits per heavy atom. The number of carbonyl (C=O) groups excluding carboxylic acids is 1. The number of hydrogen-bond acceptors (Lipinski definition) is 3. The second-order valence-electron chi connectivity index (χ2n) is 6.04. The highest BCUT2D eigenvalue weighted by Crippen LogP contribution is 2.33. The van der Waals surface area contributed by atoms with Crippen molar-refractivity contribution in [2.75, 3.05) is 26.1 Å². The van der Waals surface area contributed by atoms with Gasteiger partial charge in [-0.3, -0.25) is 0 Å². The van der Waals surface area contributed by atoms with E-state index < -0.39 is 0 Å². The van der Waals surface area contributed by atoms with E-state index in [0.29, 0.717) is 35.3 Å². The van der Waals surface area contributed by atoms with Crippen LogP contribution in [0.15, 0.2) is 30.3 Å². The number of halogens is 1. The van der Waals surface area contributed by atoms with E-state index in [0.717, 1.165) is 17.5 Å². The van der Waals surface area contributed by atoms with Crippen LogP contribution in [0, 0.1) is 6.92 Å². The molecule has 0 atom stereocenters. The van der Waals surface area contributed by atoms with Gasteiger partial charge in [-0.25, -0.2) is 4.79 Å². The minimum absolute atomic E-state index is 0.139. The molecule has 0 radical (unpaired) electrons. The van der Waals surface area contributed by atoms with Crippen LogP contribution in [0.3, 0.4) is 0 Å². The van der Waals surface area contributed by atoms with Gasteiger partial charge in [-0.1, -0.05) is 17.7 Å². The number of nitrogens with one attached hydrogen (secondary N) is 1. The first-order chi connectivity index (χ1) is 12.0. The predicted octanol–water partition coefficient (Wildman–Crippen LogP) is 4.26. The zero-order valence-electron chi connectivity index (χ0n) is 14.6. The zero-order chi connectivity index (χ0) is 18.0. The summed E-state index contributed by atoms with van der Waals surface area (Å²) in [5.41, 5.74) is 3.92. The van der Waals surface area contributed by atoms with Gasteiger partial charge in [0.05, 0.1) is 14.2 Å². The Balaban J connectivity index is 1.75. The molecule has 132 valence electrons. The van der Waals surface area contributed by atoms with Crippen LogP contribution in [0.2, 0.25) is 5.02 Å². The first kappa shape index (κ1) is 17.4. The van der Waals surface area contributed by atoms with E-state index in [-0.39, 0.29) is 6.03 Å².